The normalized spacial score (nSPS) is 12.0. The van der Waals surface area contributed by atoms with Crippen LogP contribution in [0.25, 0.3) is 0 Å². The molecule has 0 atom stereocenters. The van der Waals surface area contributed by atoms with Crippen LogP contribution in [0.5, 0.6) is 0 Å². The lowest BCUT2D eigenvalue weighted by atomic mass is 9.87. The number of benzene rings is 2. The molecule has 0 unspecified atom stereocenters. The maximum Gasteiger partial charge on any atom is 0.266 e. The summed E-state index contributed by atoms with van der Waals surface area (Å²) in [7, 11) is -4.05. The van der Waals surface area contributed by atoms with Crippen molar-refractivity contribution in [3.8, 4) is 0 Å². The molecule has 0 saturated carbocycles. The van der Waals surface area contributed by atoms with Crippen LogP contribution < -0.4 is 10.3 Å². The zero-order valence-corrected chi connectivity index (χ0v) is 16.3. The molecule has 2 aromatic carbocycles. The van der Waals surface area contributed by atoms with Crippen molar-refractivity contribution in [2.45, 2.75) is 31.1 Å². The molecule has 25 heavy (non-hydrogen) atoms. The molecular weight excluding hydrogens is 383 g/mol. The van der Waals surface area contributed by atoms with Crippen LogP contribution in [0.1, 0.15) is 36.7 Å². The van der Waals surface area contributed by atoms with E-state index in [9.17, 15) is 13.2 Å². The Bertz CT molecular complexity index is 889. The highest BCUT2D eigenvalue weighted by atomic mass is 35.5. The van der Waals surface area contributed by atoms with Gasteiger partial charge in [-0.15, -0.1) is 4.83 Å². The van der Waals surface area contributed by atoms with Crippen molar-refractivity contribution in [1.82, 2.24) is 10.3 Å². The molecule has 0 fully saturated rings. The fraction of sp³-hybridized carbons (Fsp3) is 0.235. The Hall–Kier alpha value is -1.60. The predicted molar refractivity (Wildman–Crippen MR) is 99.4 cm³/mol. The van der Waals surface area contributed by atoms with Crippen molar-refractivity contribution >= 4 is 39.1 Å². The van der Waals surface area contributed by atoms with Gasteiger partial charge in [-0.1, -0.05) is 62.2 Å². The topological polar surface area (TPSA) is 75.3 Å². The minimum Gasteiger partial charge on any atom is -0.273 e. The summed E-state index contributed by atoms with van der Waals surface area (Å²) in [5.41, 5.74) is 3.51. The third-order valence-electron chi connectivity index (χ3n) is 3.52. The minimum atomic E-state index is -4.05. The lowest BCUT2D eigenvalue weighted by molar-refractivity contribution is 0.0945. The number of carbonyl (C=O) groups is 1. The Morgan fingerprint density at radius 3 is 2.16 bits per heavy atom. The Morgan fingerprint density at radius 2 is 1.60 bits per heavy atom. The van der Waals surface area contributed by atoms with E-state index in [1.807, 2.05) is 17.0 Å². The minimum absolute atomic E-state index is 0.0417. The van der Waals surface area contributed by atoms with E-state index in [0.29, 0.717) is 5.56 Å². The highest BCUT2D eigenvalue weighted by Gasteiger charge is 2.21. The van der Waals surface area contributed by atoms with Crippen molar-refractivity contribution in [1.29, 1.82) is 0 Å². The summed E-state index contributed by atoms with van der Waals surface area (Å²) in [4.78, 5) is 13.9. The van der Waals surface area contributed by atoms with Gasteiger partial charge in [-0.3, -0.25) is 10.2 Å². The molecule has 2 rings (SSSR count). The molecule has 1 amide bonds. The van der Waals surface area contributed by atoms with Crippen LogP contribution in [0.4, 0.5) is 0 Å². The van der Waals surface area contributed by atoms with Crippen LogP contribution >= 0.6 is 23.2 Å². The summed E-state index contributed by atoms with van der Waals surface area (Å²) in [6, 6.07) is 11.1. The Balaban J connectivity index is 2.12. The number of sulfonamides is 1. The van der Waals surface area contributed by atoms with Gasteiger partial charge in [-0.2, -0.15) is 0 Å². The number of halogens is 2. The Morgan fingerprint density at radius 1 is 1.00 bits per heavy atom. The van der Waals surface area contributed by atoms with Crippen LogP contribution in [-0.4, -0.2) is 14.3 Å². The van der Waals surface area contributed by atoms with Gasteiger partial charge < -0.3 is 0 Å². The first-order chi connectivity index (χ1) is 11.5. The second kappa shape index (κ2) is 7.33. The summed E-state index contributed by atoms with van der Waals surface area (Å²) in [5.74, 6) is -0.581. The zero-order chi connectivity index (χ0) is 18.8. The third kappa shape index (κ3) is 4.73. The predicted octanol–water partition coefficient (Wildman–Crippen LogP) is 3.91. The lowest BCUT2D eigenvalue weighted by Gasteiger charge is -2.19. The first-order valence-corrected chi connectivity index (χ1v) is 9.63. The molecule has 0 radical (unpaired) electrons. The first kappa shape index (κ1) is 19.7. The quantitative estimate of drug-likeness (QED) is 0.763. The van der Waals surface area contributed by atoms with E-state index in [0.717, 1.165) is 5.56 Å². The highest BCUT2D eigenvalue weighted by molar-refractivity contribution is 7.89. The van der Waals surface area contributed by atoms with Gasteiger partial charge in [0.25, 0.3) is 15.9 Å². The van der Waals surface area contributed by atoms with Crippen molar-refractivity contribution < 1.29 is 13.2 Å². The van der Waals surface area contributed by atoms with E-state index in [1.165, 1.54) is 18.2 Å². The third-order valence-corrected chi connectivity index (χ3v) is 5.74. The summed E-state index contributed by atoms with van der Waals surface area (Å²) in [6.07, 6.45) is 0. The van der Waals surface area contributed by atoms with E-state index in [2.05, 4.69) is 26.2 Å². The van der Waals surface area contributed by atoms with Crippen molar-refractivity contribution in [3.05, 3.63) is 63.6 Å². The number of hydrogen-bond donors (Lipinski definition) is 2. The Labute approximate surface area is 157 Å². The molecule has 0 bridgehead atoms. The van der Waals surface area contributed by atoms with Gasteiger partial charge in [0.1, 0.15) is 4.90 Å². The molecular formula is C17H18Cl2N2O3S. The number of nitrogens with one attached hydrogen (secondary N) is 2. The standard InChI is InChI=1S/C17H18Cl2N2O3S/c1-17(2,3)12-9-7-11(8-10-12)16(22)20-21-25(23,24)14-6-4-5-13(18)15(14)19/h4-10,21H,1-3H3,(H,20,22). The molecule has 2 aromatic rings. The van der Waals surface area contributed by atoms with Crippen LogP contribution in [-0.2, 0) is 15.4 Å². The molecule has 0 heterocycles. The van der Waals surface area contributed by atoms with Crippen LogP contribution in [0, 0.1) is 0 Å². The molecule has 0 saturated heterocycles. The summed E-state index contributed by atoms with van der Waals surface area (Å²) in [5, 5.41) is -0.00548. The van der Waals surface area contributed by atoms with Gasteiger partial charge in [0.05, 0.1) is 10.0 Å². The number of hydrazine groups is 1. The molecule has 0 aliphatic rings. The smallest absolute Gasteiger partial charge is 0.266 e. The molecule has 0 spiro atoms. The fourth-order valence-corrected chi connectivity index (χ4v) is 3.66. The summed E-state index contributed by atoms with van der Waals surface area (Å²) in [6.45, 7) is 6.18. The number of carbonyl (C=O) groups excluding carboxylic acids is 1. The monoisotopic (exact) mass is 400 g/mol. The molecule has 0 aromatic heterocycles. The van der Waals surface area contributed by atoms with Crippen LogP contribution in [0.15, 0.2) is 47.4 Å². The maximum atomic E-state index is 12.3. The number of amides is 1. The molecule has 0 aliphatic carbocycles. The zero-order valence-electron chi connectivity index (χ0n) is 13.9. The van der Waals surface area contributed by atoms with Crippen LogP contribution in [0.2, 0.25) is 10.0 Å². The van der Waals surface area contributed by atoms with Gasteiger partial charge in [0.2, 0.25) is 0 Å². The van der Waals surface area contributed by atoms with Crippen molar-refractivity contribution in [2.24, 2.45) is 0 Å². The van der Waals surface area contributed by atoms with Crippen LogP contribution in [0.3, 0.4) is 0 Å². The van der Waals surface area contributed by atoms with E-state index < -0.39 is 15.9 Å². The fourth-order valence-electron chi connectivity index (χ4n) is 2.05. The largest absolute Gasteiger partial charge is 0.273 e. The first-order valence-electron chi connectivity index (χ1n) is 7.39. The Kier molecular flexibility index (Phi) is 5.79. The van der Waals surface area contributed by atoms with Gasteiger partial charge in [-0.05, 0) is 35.2 Å². The van der Waals surface area contributed by atoms with Gasteiger partial charge in [-0.25, -0.2) is 8.42 Å². The average molecular weight is 401 g/mol. The van der Waals surface area contributed by atoms with Crippen molar-refractivity contribution in [2.75, 3.05) is 0 Å². The molecule has 134 valence electrons. The SMILES string of the molecule is CC(C)(C)c1ccc(C(=O)NNS(=O)(=O)c2cccc(Cl)c2Cl)cc1. The highest BCUT2D eigenvalue weighted by Crippen LogP contribution is 2.28. The average Bonchev–Trinajstić information content (AvgIpc) is 2.54. The summed E-state index contributed by atoms with van der Waals surface area (Å²) >= 11 is 11.7. The van der Waals surface area contributed by atoms with Gasteiger partial charge in [0, 0.05) is 5.56 Å². The number of rotatable bonds is 4. The second-order valence-electron chi connectivity index (χ2n) is 6.44. The van der Waals surface area contributed by atoms with E-state index >= 15 is 0 Å². The lowest BCUT2D eigenvalue weighted by Crippen LogP contribution is -2.41. The molecule has 0 aliphatic heterocycles. The molecule has 8 heteroatoms. The molecule has 5 nitrogen and oxygen atoms in total. The van der Waals surface area contributed by atoms with Gasteiger partial charge >= 0.3 is 0 Å². The van der Waals surface area contributed by atoms with E-state index in [-0.39, 0.29) is 20.4 Å². The second-order valence-corrected chi connectivity index (χ2v) is 8.87. The van der Waals surface area contributed by atoms with E-state index in [4.69, 9.17) is 23.2 Å². The number of hydrogen-bond acceptors (Lipinski definition) is 3. The maximum absolute atomic E-state index is 12.3. The van der Waals surface area contributed by atoms with Gasteiger partial charge in [0.15, 0.2) is 0 Å². The summed E-state index contributed by atoms with van der Waals surface area (Å²) < 4.78 is 24.5. The van der Waals surface area contributed by atoms with E-state index in [1.54, 1.807) is 12.1 Å². The molecule has 2 N–H and O–H groups in total. The van der Waals surface area contributed by atoms with Crippen molar-refractivity contribution in [3.63, 3.8) is 0 Å².